The molecule has 0 aliphatic carbocycles. The Morgan fingerprint density at radius 3 is 2.46 bits per heavy atom. The zero-order valence-corrected chi connectivity index (χ0v) is 17.5. The number of esters is 1. The molecule has 28 heavy (non-hydrogen) atoms. The molecule has 3 aromatic rings. The predicted molar refractivity (Wildman–Crippen MR) is 111 cm³/mol. The van der Waals surface area contributed by atoms with Gasteiger partial charge < -0.3 is 9.47 Å². The molecule has 6 heteroatoms. The van der Waals surface area contributed by atoms with Gasteiger partial charge in [-0.25, -0.2) is 4.79 Å². The summed E-state index contributed by atoms with van der Waals surface area (Å²) in [6.07, 6.45) is -0.845. The van der Waals surface area contributed by atoms with Gasteiger partial charge in [0.15, 0.2) is 6.10 Å². The summed E-state index contributed by atoms with van der Waals surface area (Å²) in [5.41, 5.74) is 4.92. The molecule has 1 atom stereocenters. The van der Waals surface area contributed by atoms with Crippen molar-refractivity contribution in [3.8, 4) is 11.1 Å². The van der Waals surface area contributed by atoms with Crippen molar-refractivity contribution >= 4 is 40.1 Å². The van der Waals surface area contributed by atoms with Gasteiger partial charge in [-0.3, -0.25) is 4.98 Å². The first-order valence-corrected chi connectivity index (χ1v) is 9.69. The van der Waals surface area contributed by atoms with Gasteiger partial charge in [-0.05, 0) is 49.2 Å². The highest BCUT2D eigenvalue weighted by Crippen LogP contribution is 2.45. The van der Waals surface area contributed by atoms with E-state index in [0.717, 1.165) is 38.9 Å². The lowest BCUT2D eigenvalue weighted by molar-refractivity contribution is -0.160. The monoisotopic (exact) mass is 415 g/mol. The van der Waals surface area contributed by atoms with E-state index in [1.807, 2.05) is 38.1 Å². The number of cyclic esters (lactones) is 1. The second kappa shape index (κ2) is 6.73. The summed E-state index contributed by atoms with van der Waals surface area (Å²) in [4.78, 5) is 17.3. The molecule has 1 aliphatic heterocycles. The molecule has 2 heterocycles. The number of benzene rings is 2. The summed E-state index contributed by atoms with van der Waals surface area (Å²) in [6.45, 7) is 7.33. The van der Waals surface area contributed by atoms with Crippen LogP contribution in [0.5, 0.6) is 0 Å². The van der Waals surface area contributed by atoms with E-state index in [0.29, 0.717) is 10.0 Å². The molecular weight excluding hydrogens is 397 g/mol. The summed E-state index contributed by atoms with van der Waals surface area (Å²) >= 11 is 12.7. The zero-order valence-electron chi connectivity index (χ0n) is 16.0. The van der Waals surface area contributed by atoms with Crippen molar-refractivity contribution in [3.05, 3.63) is 63.3 Å². The predicted octanol–water partition coefficient (Wildman–Crippen LogP) is 6.18. The highest BCUT2D eigenvalue weighted by Gasteiger charge is 2.44. The fourth-order valence-corrected chi connectivity index (χ4v) is 4.18. The summed E-state index contributed by atoms with van der Waals surface area (Å²) in [6, 6.07) is 11.2. The largest absolute Gasteiger partial charge is 0.431 e. The van der Waals surface area contributed by atoms with E-state index in [-0.39, 0.29) is 0 Å². The third-order valence-corrected chi connectivity index (χ3v) is 5.35. The number of hydrogen-bond acceptors (Lipinski definition) is 4. The summed E-state index contributed by atoms with van der Waals surface area (Å²) in [5.74, 6) is -1.41. The quantitative estimate of drug-likeness (QED) is 0.469. The Bertz CT molecular complexity index is 1120. The maximum atomic E-state index is 12.6. The van der Waals surface area contributed by atoms with Crippen molar-refractivity contribution in [2.45, 2.75) is 39.6 Å². The second-order valence-corrected chi connectivity index (χ2v) is 8.29. The minimum atomic E-state index is -0.990. The Morgan fingerprint density at radius 2 is 1.82 bits per heavy atom. The summed E-state index contributed by atoms with van der Waals surface area (Å²) < 4.78 is 11.4. The number of halogens is 2. The number of rotatable bonds is 2. The van der Waals surface area contributed by atoms with Gasteiger partial charge in [0.2, 0.25) is 5.79 Å². The Labute approximate surface area is 173 Å². The topological polar surface area (TPSA) is 48.4 Å². The lowest BCUT2D eigenvalue weighted by Gasteiger charge is -2.21. The van der Waals surface area contributed by atoms with E-state index in [4.69, 9.17) is 32.7 Å². The van der Waals surface area contributed by atoms with E-state index in [2.05, 4.69) is 4.98 Å². The first-order valence-electron chi connectivity index (χ1n) is 8.93. The molecular formula is C22H19Cl2NO3. The van der Waals surface area contributed by atoms with Gasteiger partial charge in [0.05, 0.1) is 5.52 Å². The van der Waals surface area contributed by atoms with Gasteiger partial charge in [-0.15, -0.1) is 0 Å². The molecule has 4 rings (SSSR count). The van der Waals surface area contributed by atoms with Gasteiger partial charge in [-0.2, -0.15) is 0 Å². The van der Waals surface area contributed by atoms with Crippen LogP contribution in [0.25, 0.3) is 22.0 Å². The molecule has 2 aromatic carbocycles. The number of carbonyl (C=O) groups is 1. The van der Waals surface area contributed by atoms with Crippen LogP contribution in [0, 0.1) is 13.8 Å². The maximum Gasteiger partial charge on any atom is 0.342 e. The number of pyridine rings is 1. The average molecular weight is 416 g/mol. The lowest BCUT2D eigenvalue weighted by atomic mass is 9.88. The highest BCUT2D eigenvalue weighted by atomic mass is 35.5. The zero-order chi connectivity index (χ0) is 20.2. The van der Waals surface area contributed by atoms with Crippen LogP contribution in [0.2, 0.25) is 10.0 Å². The van der Waals surface area contributed by atoms with Crippen LogP contribution >= 0.6 is 23.2 Å². The van der Waals surface area contributed by atoms with E-state index < -0.39 is 17.9 Å². The molecule has 0 radical (unpaired) electrons. The molecule has 0 saturated carbocycles. The Hall–Kier alpha value is -2.14. The molecule has 0 N–H and O–H groups in total. The van der Waals surface area contributed by atoms with Crippen molar-refractivity contribution in [1.29, 1.82) is 0 Å². The number of aromatic nitrogens is 1. The van der Waals surface area contributed by atoms with Gasteiger partial charge in [0.1, 0.15) is 0 Å². The Balaban J connectivity index is 2.08. The van der Waals surface area contributed by atoms with Crippen molar-refractivity contribution in [2.75, 3.05) is 0 Å². The van der Waals surface area contributed by atoms with Crippen LogP contribution in [-0.4, -0.2) is 16.7 Å². The fraction of sp³-hybridized carbons (Fsp3) is 0.273. The third kappa shape index (κ3) is 3.26. The van der Waals surface area contributed by atoms with E-state index >= 15 is 0 Å². The third-order valence-electron chi connectivity index (χ3n) is 4.81. The van der Waals surface area contributed by atoms with Crippen molar-refractivity contribution in [3.63, 3.8) is 0 Å². The van der Waals surface area contributed by atoms with Crippen LogP contribution in [-0.2, 0) is 14.3 Å². The number of carbonyl (C=O) groups excluding carboxylic acids is 1. The van der Waals surface area contributed by atoms with Gasteiger partial charge in [-0.1, -0.05) is 35.3 Å². The molecule has 0 amide bonds. The molecule has 1 aromatic heterocycles. The van der Waals surface area contributed by atoms with Crippen molar-refractivity contribution in [2.24, 2.45) is 0 Å². The van der Waals surface area contributed by atoms with E-state index in [9.17, 15) is 4.79 Å². The number of aryl methyl sites for hydroxylation is 2. The normalized spacial score (nSPS) is 18.5. The molecule has 1 saturated heterocycles. The van der Waals surface area contributed by atoms with Gasteiger partial charge in [0, 0.05) is 46.1 Å². The molecule has 4 nitrogen and oxygen atoms in total. The second-order valence-electron chi connectivity index (χ2n) is 7.44. The van der Waals surface area contributed by atoms with Crippen LogP contribution in [0.4, 0.5) is 0 Å². The molecule has 0 unspecified atom stereocenters. The Kier molecular flexibility index (Phi) is 4.61. The van der Waals surface area contributed by atoms with Gasteiger partial charge >= 0.3 is 5.97 Å². The molecule has 1 aliphatic rings. The molecule has 0 bridgehead atoms. The van der Waals surface area contributed by atoms with Crippen LogP contribution in [0.15, 0.2) is 36.4 Å². The minimum Gasteiger partial charge on any atom is -0.431 e. The number of nitrogens with zero attached hydrogens (tertiary/aromatic N) is 1. The Morgan fingerprint density at radius 1 is 1.07 bits per heavy atom. The molecule has 1 fully saturated rings. The summed E-state index contributed by atoms with van der Waals surface area (Å²) in [7, 11) is 0. The van der Waals surface area contributed by atoms with Crippen LogP contribution < -0.4 is 0 Å². The lowest BCUT2D eigenvalue weighted by Crippen LogP contribution is -2.20. The average Bonchev–Trinajstić information content (AvgIpc) is 2.86. The number of fused-ring (bicyclic) bond motifs is 1. The smallest absolute Gasteiger partial charge is 0.342 e. The van der Waals surface area contributed by atoms with Gasteiger partial charge in [0.25, 0.3) is 0 Å². The maximum absolute atomic E-state index is 12.6. The van der Waals surface area contributed by atoms with E-state index in [1.54, 1.807) is 26.0 Å². The molecule has 144 valence electrons. The standard InChI is InChI=1S/C22H19Cl2NO3/c1-11-9-17-15(7-5-12(2)25-17)19(14-8-6-13(23)10-16(14)24)18(11)20-21(26)28-22(3,4)27-20/h5-10,20H,1-4H3/t20-/m0/s1. The minimum absolute atomic E-state index is 0.418. The SMILES string of the molecule is Cc1ccc2c(-c3ccc(Cl)cc3Cl)c([C@@H]3OC(C)(C)OC3=O)c(C)cc2n1. The highest BCUT2D eigenvalue weighted by molar-refractivity contribution is 6.36. The van der Waals surface area contributed by atoms with Crippen LogP contribution in [0.1, 0.15) is 36.8 Å². The number of hydrogen-bond donors (Lipinski definition) is 0. The summed E-state index contributed by atoms with van der Waals surface area (Å²) in [5, 5.41) is 1.92. The van der Waals surface area contributed by atoms with Crippen molar-refractivity contribution < 1.29 is 14.3 Å². The van der Waals surface area contributed by atoms with E-state index in [1.165, 1.54) is 0 Å². The molecule has 0 spiro atoms. The number of ether oxygens (including phenoxy) is 2. The van der Waals surface area contributed by atoms with Crippen LogP contribution in [0.3, 0.4) is 0 Å². The first-order chi connectivity index (χ1) is 13.2. The van der Waals surface area contributed by atoms with Crippen molar-refractivity contribution in [1.82, 2.24) is 4.98 Å². The first kappa shape index (κ1) is 19.2. The fourth-order valence-electron chi connectivity index (χ4n) is 3.67.